The minimum atomic E-state index is -1.71. The number of thiol groups is 1. The molecular weight excluding hydrogens is 244 g/mol. The second kappa shape index (κ2) is 4.86. The maximum absolute atomic E-state index is 12.3. The van der Waals surface area contributed by atoms with Gasteiger partial charge in [0.05, 0.1) is 0 Å². The number of allylic oxidation sites excluding steroid dienone is 1. The summed E-state index contributed by atoms with van der Waals surface area (Å²) in [4.78, 5) is 10.6. The Morgan fingerprint density at radius 3 is 2.61 bits per heavy atom. The van der Waals surface area contributed by atoms with Gasteiger partial charge in [0.15, 0.2) is 10.7 Å². The molecule has 0 radical (unpaired) electrons. The number of rotatable bonds is 5. The van der Waals surface area contributed by atoms with Crippen LogP contribution in [0.5, 0.6) is 0 Å². The molecule has 100 valence electrons. The lowest BCUT2D eigenvalue weighted by Crippen LogP contribution is -2.37. The highest BCUT2D eigenvalue weighted by Crippen LogP contribution is 2.56. The molecule has 0 saturated heterocycles. The van der Waals surface area contributed by atoms with Crippen molar-refractivity contribution in [2.75, 3.05) is 0 Å². The zero-order valence-electron chi connectivity index (χ0n) is 11.0. The lowest BCUT2D eigenvalue weighted by Gasteiger charge is -2.30. The quantitative estimate of drug-likeness (QED) is 0.455. The van der Waals surface area contributed by atoms with Crippen LogP contribution in [-0.4, -0.2) is 15.8 Å². The maximum atomic E-state index is 12.3. The van der Waals surface area contributed by atoms with Crippen molar-refractivity contribution in [1.82, 2.24) is 0 Å². The van der Waals surface area contributed by atoms with Crippen LogP contribution in [0.2, 0.25) is 0 Å². The van der Waals surface area contributed by atoms with Crippen molar-refractivity contribution in [2.24, 2.45) is 11.3 Å². The van der Waals surface area contributed by atoms with E-state index < -0.39 is 4.93 Å². The van der Waals surface area contributed by atoms with Gasteiger partial charge < -0.3 is 5.11 Å². The fourth-order valence-electron chi connectivity index (χ4n) is 3.52. The third-order valence-electron chi connectivity index (χ3n) is 4.63. The topological polar surface area (TPSA) is 37.3 Å². The van der Waals surface area contributed by atoms with Crippen LogP contribution < -0.4 is 0 Å². The molecule has 18 heavy (non-hydrogen) atoms. The molecule has 2 saturated carbocycles. The second-order valence-electron chi connectivity index (χ2n) is 5.94. The summed E-state index contributed by atoms with van der Waals surface area (Å²) < 4.78 is 0. The summed E-state index contributed by atoms with van der Waals surface area (Å²) in [5, 5.41) is 10.2. The first-order chi connectivity index (χ1) is 8.39. The lowest BCUT2D eigenvalue weighted by atomic mass is 9.78. The molecule has 0 heterocycles. The van der Waals surface area contributed by atoms with E-state index in [9.17, 15) is 9.90 Å². The Balaban J connectivity index is 2.05. The maximum Gasteiger partial charge on any atom is 0.192 e. The van der Waals surface area contributed by atoms with Gasteiger partial charge in [-0.15, -0.1) is 12.6 Å². The molecule has 2 bridgehead atoms. The summed E-state index contributed by atoms with van der Waals surface area (Å²) in [6, 6.07) is 0. The van der Waals surface area contributed by atoms with Crippen molar-refractivity contribution in [3.8, 4) is 0 Å². The molecule has 2 rings (SSSR count). The summed E-state index contributed by atoms with van der Waals surface area (Å²) in [6.45, 7) is 5.57. The number of fused-ring (bicyclic) bond motifs is 2. The van der Waals surface area contributed by atoms with Crippen molar-refractivity contribution < 1.29 is 9.90 Å². The van der Waals surface area contributed by atoms with E-state index in [4.69, 9.17) is 0 Å². The van der Waals surface area contributed by atoms with E-state index in [-0.39, 0.29) is 11.2 Å². The standard InChI is InChI=1S/C15H22O2S/c1-3-4-11(2)15(17,18)13(16)10-14-7-5-12(9-14)6-8-14/h3-4,12,17-18H,2,5-10H2,1H3/b4-3-/t12-,14-,15?. The summed E-state index contributed by atoms with van der Waals surface area (Å²) >= 11 is 4.13. The number of aliphatic hydroxyl groups is 1. The first kappa shape index (κ1) is 13.9. The number of hydrogen-bond donors (Lipinski definition) is 2. The van der Waals surface area contributed by atoms with Crippen LogP contribution in [0.15, 0.2) is 24.3 Å². The van der Waals surface area contributed by atoms with Crippen LogP contribution in [0, 0.1) is 11.3 Å². The van der Waals surface area contributed by atoms with Crippen molar-refractivity contribution >= 4 is 18.4 Å². The van der Waals surface area contributed by atoms with Crippen LogP contribution in [-0.2, 0) is 4.79 Å². The molecule has 2 aliphatic rings. The van der Waals surface area contributed by atoms with Gasteiger partial charge in [-0.2, -0.15) is 0 Å². The first-order valence-corrected chi connectivity index (χ1v) is 7.14. The Labute approximate surface area is 115 Å². The molecule has 0 aromatic heterocycles. The number of carbonyl (C=O) groups is 1. The predicted octanol–water partition coefficient (Wildman–Crippen LogP) is 3.28. The largest absolute Gasteiger partial charge is 0.369 e. The van der Waals surface area contributed by atoms with Gasteiger partial charge in [0.25, 0.3) is 0 Å². The molecule has 2 fully saturated rings. The smallest absolute Gasteiger partial charge is 0.192 e. The molecule has 0 aromatic carbocycles. The normalized spacial score (nSPS) is 33.8. The highest BCUT2D eigenvalue weighted by Gasteiger charge is 2.48. The van der Waals surface area contributed by atoms with Gasteiger partial charge in [0, 0.05) is 6.42 Å². The van der Waals surface area contributed by atoms with Crippen LogP contribution in [0.4, 0.5) is 0 Å². The minimum absolute atomic E-state index is 0.147. The first-order valence-electron chi connectivity index (χ1n) is 6.70. The molecular formula is C15H22O2S. The van der Waals surface area contributed by atoms with E-state index in [0.29, 0.717) is 12.0 Å². The van der Waals surface area contributed by atoms with Gasteiger partial charge >= 0.3 is 0 Å². The Hall–Kier alpha value is -0.540. The van der Waals surface area contributed by atoms with Crippen molar-refractivity contribution in [3.63, 3.8) is 0 Å². The fourth-order valence-corrected chi connectivity index (χ4v) is 3.67. The Kier molecular flexibility index (Phi) is 3.75. The second-order valence-corrected chi connectivity index (χ2v) is 6.59. The van der Waals surface area contributed by atoms with E-state index in [1.165, 1.54) is 12.8 Å². The molecule has 2 nitrogen and oxygen atoms in total. The molecule has 0 aromatic rings. The van der Waals surface area contributed by atoms with Gasteiger partial charge in [0.2, 0.25) is 0 Å². The van der Waals surface area contributed by atoms with Crippen LogP contribution in [0.1, 0.15) is 45.4 Å². The van der Waals surface area contributed by atoms with Crippen LogP contribution in [0.25, 0.3) is 0 Å². The van der Waals surface area contributed by atoms with Crippen LogP contribution in [0.3, 0.4) is 0 Å². The molecule has 1 unspecified atom stereocenters. The molecule has 2 aliphatic carbocycles. The Morgan fingerprint density at radius 1 is 1.56 bits per heavy atom. The summed E-state index contributed by atoms with van der Waals surface area (Å²) in [5.41, 5.74) is 0.511. The van der Waals surface area contributed by atoms with Crippen molar-refractivity contribution in [2.45, 2.75) is 50.4 Å². The lowest BCUT2D eigenvalue weighted by molar-refractivity contribution is -0.129. The van der Waals surface area contributed by atoms with Crippen LogP contribution >= 0.6 is 12.6 Å². The predicted molar refractivity (Wildman–Crippen MR) is 76.5 cm³/mol. The number of Topliss-reactive ketones (excluding diaryl/α,β-unsaturated/α-hetero) is 1. The fraction of sp³-hybridized carbons (Fsp3) is 0.667. The van der Waals surface area contributed by atoms with Gasteiger partial charge in [-0.1, -0.05) is 18.7 Å². The minimum Gasteiger partial charge on any atom is -0.369 e. The zero-order chi connectivity index (χ0) is 13.4. The van der Waals surface area contributed by atoms with Gasteiger partial charge in [-0.3, -0.25) is 4.79 Å². The van der Waals surface area contributed by atoms with Gasteiger partial charge in [-0.25, -0.2) is 0 Å². The SMILES string of the molecule is C=C(/C=C\C)C(O)(S)C(=O)C[C@]12CC[C@H](CC1)C2. The van der Waals surface area contributed by atoms with E-state index in [2.05, 4.69) is 19.2 Å². The van der Waals surface area contributed by atoms with E-state index in [0.717, 1.165) is 25.2 Å². The number of hydrogen-bond acceptors (Lipinski definition) is 3. The van der Waals surface area contributed by atoms with Gasteiger partial charge in [0.1, 0.15) is 0 Å². The van der Waals surface area contributed by atoms with E-state index in [1.807, 2.05) is 6.92 Å². The summed E-state index contributed by atoms with van der Waals surface area (Å²) in [6.07, 6.45) is 9.75. The highest BCUT2D eigenvalue weighted by atomic mass is 32.1. The molecule has 1 atom stereocenters. The van der Waals surface area contributed by atoms with E-state index in [1.54, 1.807) is 12.2 Å². The Morgan fingerprint density at radius 2 is 2.17 bits per heavy atom. The highest BCUT2D eigenvalue weighted by molar-refractivity contribution is 7.82. The molecule has 0 aliphatic heterocycles. The third-order valence-corrected chi connectivity index (χ3v) is 5.16. The molecule has 0 amide bonds. The third kappa shape index (κ3) is 2.43. The summed E-state index contributed by atoms with van der Waals surface area (Å²) in [7, 11) is 0. The Bertz CT molecular complexity index is 387. The van der Waals surface area contributed by atoms with E-state index >= 15 is 0 Å². The average Bonchev–Trinajstić information content (AvgIpc) is 2.88. The van der Waals surface area contributed by atoms with Gasteiger partial charge in [-0.05, 0) is 55.9 Å². The monoisotopic (exact) mass is 266 g/mol. The summed E-state index contributed by atoms with van der Waals surface area (Å²) in [5.74, 6) is 0.612. The number of ketones is 1. The average molecular weight is 266 g/mol. The van der Waals surface area contributed by atoms with Crippen molar-refractivity contribution in [3.05, 3.63) is 24.3 Å². The molecule has 3 heteroatoms. The molecule has 0 spiro atoms. The molecule has 1 N–H and O–H groups in total. The van der Waals surface area contributed by atoms with Crippen molar-refractivity contribution in [1.29, 1.82) is 0 Å². The number of carbonyl (C=O) groups excluding carboxylic acids is 1. The zero-order valence-corrected chi connectivity index (χ0v) is 11.9.